The Balaban J connectivity index is 1.87. The number of hydrogen-bond donors (Lipinski definition) is 1. The molecule has 1 aromatic heterocycles. The number of aryl methyl sites for hydroxylation is 2. The molecule has 0 saturated heterocycles. The minimum Gasteiger partial charge on any atom is -0.545 e. The van der Waals surface area contributed by atoms with E-state index in [2.05, 4.69) is 10.3 Å². The van der Waals surface area contributed by atoms with E-state index >= 15 is 0 Å². The van der Waals surface area contributed by atoms with Crippen LogP contribution in [0.4, 0.5) is 5.69 Å². The molecule has 126 valence electrons. The maximum absolute atomic E-state index is 12.3. The van der Waals surface area contributed by atoms with E-state index in [1.54, 1.807) is 24.3 Å². The van der Waals surface area contributed by atoms with Gasteiger partial charge in [0.1, 0.15) is 0 Å². The third kappa shape index (κ3) is 3.66. The van der Waals surface area contributed by atoms with Gasteiger partial charge in [0, 0.05) is 16.6 Å². The van der Waals surface area contributed by atoms with Crippen molar-refractivity contribution < 1.29 is 14.7 Å². The average molecular weight is 333 g/mol. The number of benzene rings is 2. The molecule has 1 heterocycles. The summed E-state index contributed by atoms with van der Waals surface area (Å²) in [7, 11) is 0. The zero-order valence-corrected chi connectivity index (χ0v) is 14.0. The highest BCUT2D eigenvalue weighted by Crippen LogP contribution is 2.19. The highest BCUT2D eigenvalue weighted by Gasteiger charge is 2.11. The third-order valence-corrected chi connectivity index (χ3v) is 3.99. The summed E-state index contributed by atoms with van der Waals surface area (Å²) in [6, 6.07) is 14.1. The minimum atomic E-state index is -1.28. The highest BCUT2D eigenvalue weighted by atomic mass is 16.4. The number of aromatic nitrogens is 1. The second kappa shape index (κ2) is 6.73. The normalized spacial score (nSPS) is 10.6. The molecule has 3 aromatic rings. The van der Waals surface area contributed by atoms with Crippen LogP contribution in [0, 0.1) is 13.8 Å². The van der Waals surface area contributed by atoms with Crippen molar-refractivity contribution in [3.05, 3.63) is 70.9 Å². The highest BCUT2D eigenvalue weighted by molar-refractivity contribution is 6.02. The molecule has 0 radical (unpaired) electrons. The Hall–Kier alpha value is -3.21. The fraction of sp³-hybridized carbons (Fsp3) is 0.150. The van der Waals surface area contributed by atoms with Gasteiger partial charge in [-0.2, -0.15) is 0 Å². The van der Waals surface area contributed by atoms with Crippen molar-refractivity contribution in [2.45, 2.75) is 20.3 Å². The lowest BCUT2D eigenvalue weighted by atomic mass is 10.1. The number of carbonyl (C=O) groups excluding carboxylic acids is 2. The summed E-state index contributed by atoms with van der Waals surface area (Å²) in [5, 5.41) is 14.7. The number of anilines is 1. The van der Waals surface area contributed by atoms with Gasteiger partial charge in [-0.15, -0.1) is 0 Å². The topological polar surface area (TPSA) is 82.1 Å². The van der Waals surface area contributed by atoms with E-state index in [0.717, 1.165) is 16.8 Å². The Morgan fingerprint density at radius 1 is 1.08 bits per heavy atom. The van der Waals surface area contributed by atoms with Gasteiger partial charge in [-0.25, -0.2) is 0 Å². The van der Waals surface area contributed by atoms with Crippen LogP contribution in [0.2, 0.25) is 0 Å². The molecule has 0 saturated carbocycles. The Kier molecular flexibility index (Phi) is 4.48. The van der Waals surface area contributed by atoms with Crippen LogP contribution in [0.5, 0.6) is 0 Å². The summed E-state index contributed by atoms with van der Waals surface area (Å²) in [6.45, 7) is 3.91. The van der Waals surface area contributed by atoms with Crippen LogP contribution >= 0.6 is 0 Å². The summed E-state index contributed by atoms with van der Waals surface area (Å²) in [6.07, 6.45) is -0.0154. The second-order valence-electron chi connectivity index (χ2n) is 6.01. The van der Waals surface area contributed by atoms with Crippen LogP contribution in [0.3, 0.4) is 0 Å². The standard InChI is InChI=1S/C20H18N2O3/c1-12-7-8-17(13(2)9-12)22-19(23)11-14-10-16(20(24)25)15-5-3-4-6-18(15)21-14/h3-10H,11H2,1-2H3,(H,22,23)(H,24,25)/p-1. The maximum Gasteiger partial charge on any atom is 0.230 e. The predicted octanol–water partition coefficient (Wildman–Crippen LogP) is 2.40. The average Bonchev–Trinajstić information content (AvgIpc) is 2.56. The lowest BCUT2D eigenvalue weighted by Crippen LogP contribution is -2.23. The lowest BCUT2D eigenvalue weighted by Gasteiger charge is -2.12. The van der Waals surface area contributed by atoms with Crippen LogP contribution in [-0.4, -0.2) is 16.9 Å². The number of pyridine rings is 1. The van der Waals surface area contributed by atoms with Gasteiger partial charge in [0.25, 0.3) is 0 Å². The van der Waals surface area contributed by atoms with Crippen molar-refractivity contribution in [1.82, 2.24) is 4.98 Å². The summed E-state index contributed by atoms with van der Waals surface area (Å²) in [5.74, 6) is -1.53. The van der Waals surface area contributed by atoms with E-state index in [4.69, 9.17) is 0 Å². The fourth-order valence-corrected chi connectivity index (χ4v) is 2.80. The molecule has 5 nitrogen and oxygen atoms in total. The largest absolute Gasteiger partial charge is 0.545 e. The summed E-state index contributed by atoms with van der Waals surface area (Å²) < 4.78 is 0. The van der Waals surface area contributed by atoms with E-state index in [1.807, 2.05) is 32.0 Å². The molecule has 0 unspecified atom stereocenters. The zero-order valence-electron chi connectivity index (χ0n) is 14.0. The number of nitrogens with one attached hydrogen (secondary N) is 1. The Labute approximate surface area is 145 Å². The molecule has 5 heteroatoms. The molecule has 0 bridgehead atoms. The lowest BCUT2D eigenvalue weighted by molar-refractivity contribution is -0.254. The number of nitrogens with zero attached hydrogens (tertiary/aromatic N) is 1. The first-order chi connectivity index (χ1) is 11.9. The molecule has 0 fully saturated rings. The molecule has 0 spiro atoms. The van der Waals surface area contributed by atoms with E-state index < -0.39 is 5.97 Å². The van der Waals surface area contributed by atoms with Crippen molar-refractivity contribution >= 4 is 28.5 Å². The van der Waals surface area contributed by atoms with E-state index in [1.165, 1.54) is 6.07 Å². The second-order valence-corrected chi connectivity index (χ2v) is 6.01. The van der Waals surface area contributed by atoms with Crippen LogP contribution in [0.1, 0.15) is 27.2 Å². The number of fused-ring (bicyclic) bond motifs is 1. The number of rotatable bonds is 4. The summed E-state index contributed by atoms with van der Waals surface area (Å²) >= 11 is 0. The number of aromatic carboxylic acids is 1. The van der Waals surface area contributed by atoms with Gasteiger partial charge >= 0.3 is 0 Å². The molecule has 25 heavy (non-hydrogen) atoms. The van der Waals surface area contributed by atoms with Gasteiger partial charge in [0.2, 0.25) is 5.91 Å². The Morgan fingerprint density at radius 2 is 1.84 bits per heavy atom. The molecular formula is C20H17N2O3-. The molecule has 0 aliphatic rings. The quantitative estimate of drug-likeness (QED) is 0.795. The maximum atomic E-state index is 12.3. The van der Waals surface area contributed by atoms with E-state index in [0.29, 0.717) is 16.6 Å². The zero-order chi connectivity index (χ0) is 18.0. The SMILES string of the molecule is Cc1ccc(NC(=O)Cc2cc(C(=O)[O-])c3ccccc3n2)c(C)c1. The molecule has 3 rings (SSSR count). The fourth-order valence-electron chi connectivity index (χ4n) is 2.80. The molecule has 1 amide bonds. The first-order valence-corrected chi connectivity index (χ1v) is 7.91. The molecule has 0 atom stereocenters. The van der Waals surface area contributed by atoms with Gasteiger partial charge < -0.3 is 15.2 Å². The number of hydrogen-bond acceptors (Lipinski definition) is 4. The number of carboxylic acids is 1. The van der Waals surface area contributed by atoms with Crippen molar-refractivity contribution in [2.75, 3.05) is 5.32 Å². The Morgan fingerprint density at radius 3 is 2.56 bits per heavy atom. The molecular weight excluding hydrogens is 316 g/mol. The number of para-hydroxylation sites is 1. The van der Waals surface area contributed by atoms with Crippen LogP contribution < -0.4 is 10.4 Å². The number of carbonyl (C=O) groups is 2. The predicted molar refractivity (Wildman–Crippen MR) is 94.3 cm³/mol. The molecule has 1 N–H and O–H groups in total. The van der Waals surface area contributed by atoms with Gasteiger partial charge in [-0.05, 0) is 37.6 Å². The Bertz CT molecular complexity index is 980. The summed E-state index contributed by atoms with van der Waals surface area (Å²) in [5.41, 5.74) is 3.77. The van der Waals surface area contributed by atoms with Crippen LogP contribution in [-0.2, 0) is 11.2 Å². The first kappa shape index (κ1) is 16.6. The van der Waals surface area contributed by atoms with E-state index in [9.17, 15) is 14.7 Å². The molecule has 0 aliphatic carbocycles. The first-order valence-electron chi connectivity index (χ1n) is 7.91. The molecule has 2 aromatic carbocycles. The van der Waals surface area contributed by atoms with Crippen LogP contribution in [0.25, 0.3) is 10.9 Å². The van der Waals surface area contributed by atoms with Gasteiger partial charge in [-0.1, -0.05) is 35.9 Å². The van der Waals surface area contributed by atoms with Gasteiger partial charge in [0.05, 0.1) is 23.6 Å². The molecule has 0 aliphatic heterocycles. The van der Waals surface area contributed by atoms with Crippen molar-refractivity contribution in [3.63, 3.8) is 0 Å². The van der Waals surface area contributed by atoms with Gasteiger partial charge in [-0.3, -0.25) is 9.78 Å². The van der Waals surface area contributed by atoms with Crippen LogP contribution in [0.15, 0.2) is 48.5 Å². The van der Waals surface area contributed by atoms with Crippen molar-refractivity contribution in [1.29, 1.82) is 0 Å². The third-order valence-electron chi connectivity index (χ3n) is 3.99. The summed E-state index contributed by atoms with van der Waals surface area (Å²) in [4.78, 5) is 28.1. The number of carboxylic acid groups (broad SMARTS) is 1. The van der Waals surface area contributed by atoms with Crippen molar-refractivity contribution in [3.8, 4) is 0 Å². The number of amides is 1. The smallest absolute Gasteiger partial charge is 0.230 e. The van der Waals surface area contributed by atoms with Crippen molar-refractivity contribution in [2.24, 2.45) is 0 Å². The van der Waals surface area contributed by atoms with E-state index in [-0.39, 0.29) is 17.9 Å². The minimum absolute atomic E-state index is 0.0154. The van der Waals surface area contributed by atoms with Gasteiger partial charge in [0.15, 0.2) is 0 Å². The monoisotopic (exact) mass is 333 g/mol.